The van der Waals surface area contributed by atoms with Crippen LogP contribution in [0.4, 0.5) is 0 Å². The summed E-state index contributed by atoms with van der Waals surface area (Å²) in [6, 6.07) is -0.395. The fourth-order valence-electron chi connectivity index (χ4n) is 5.57. The minimum atomic E-state index is -0.395. The predicted molar refractivity (Wildman–Crippen MR) is 176 cm³/mol. The lowest BCUT2D eigenvalue weighted by atomic mass is 10.0. The lowest BCUT2D eigenvalue weighted by molar-refractivity contribution is -0.129. The van der Waals surface area contributed by atoms with Crippen LogP contribution < -0.4 is 10.6 Å². The summed E-state index contributed by atoms with van der Waals surface area (Å²) in [5.41, 5.74) is 0. The van der Waals surface area contributed by atoms with Gasteiger partial charge in [-0.25, -0.2) is 0 Å². The molecule has 0 aliphatic rings. The van der Waals surface area contributed by atoms with Crippen molar-refractivity contribution >= 4 is 11.8 Å². The molecule has 4 nitrogen and oxygen atoms in total. The smallest absolute Gasteiger partial charge is 0.242 e. The van der Waals surface area contributed by atoms with Crippen molar-refractivity contribution in [2.75, 3.05) is 6.54 Å². The number of rotatable bonds is 31. The van der Waals surface area contributed by atoms with Crippen molar-refractivity contribution in [3.05, 3.63) is 0 Å². The Kier molecular flexibility index (Phi) is 30.1. The first kappa shape index (κ1) is 38.9. The van der Waals surface area contributed by atoms with Crippen LogP contribution in [0, 0.1) is 5.92 Å². The third-order valence-corrected chi connectivity index (χ3v) is 8.20. The van der Waals surface area contributed by atoms with Gasteiger partial charge in [0, 0.05) is 13.0 Å². The maximum atomic E-state index is 12.7. The molecular formula is C36H72N2O2. The fourth-order valence-corrected chi connectivity index (χ4v) is 5.57. The van der Waals surface area contributed by atoms with Gasteiger partial charge in [-0.05, 0) is 25.2 Å². The van der Waals surface area contributed by atoms with Gasteiger partial charge in [-0.1, -0.05) is 175 Å². The predicted octanol–water partition coefficient (Wildman–Crippen LogP) is 10.8. The molecule has 0 saturated heterocycles. The standard InChI is InChI=1S/C36H72N2O2/c1-5-7-9-11-13-14-15-16-17-18-19-20-21-22-23-24-25-26-28-30-35(39)38-34(32-33(3)4)36(40)37-31-29-27-12-10-8-6-2/h33-34H,5-32H2,1-4H3,(H,37,40)(H,38,39)/t34-/m0/s1. The van der Waals surface area contributed by atoms with Crippen LogP contribution in [-0.2, 0) is 9.59 Å². The highest BCUT2D eigenvalue weighted by molar-refractivity contribution is 5.87. The van der Waals surface area contributed by atoms with Gasteiger partial charge in [-0.15, -0.1) is 0 Å². The average molecular weight is 565 g/mol. The van der Waals surface area contributed by atoms with E-state index in [2.05, 4.69) is 38.3 Å². The molecule has 0 saturated carbocycles. The number of hydrogen-bond donors (Lipinski definition) is 2. The quantitative estimate of drug-likeness (QED) is 0.0823. The third kappa shape index (κ3) is 28.5. The first-order chi connectivity index (χ1) is 19.5. The Balaban J connectivity index is 3.65. The van der Waals surface area contributed by atoms with Gasteiger partial charge in [0.1, 0.15) is 6.04 Å². The summed E-state index contributed by atoms with van der Waals surface area (Å²) in [5.74, 6) is 0.399. The Labute approximate surface area is 251 Å². The molecule has 4 heteroatoms. The Morgan fingerprint density at radius 1 is 0.500 bits per heavy atom. The molecule has 0 aromatic heterocycles. The van der Waals surface area contributed by atoms with E-state index < -0.39 is 6.04 Å². The molecule has 40 heavy (non-hydrogen) atoms. The second-order valence-electron chi connectivity index (χ2n) is 12.9. The van der Waals surface area contributed by atoms with Crippen LogP contribution in [0.3, 0.4) is 0 Å². The monoisotopic (exact) mass is 565 g/mol. The lowest BCUT2D eigenvalue weighted by Gasteiger charge is -2.20. The number of hydrogen-bond acceptors (Lipinski definition) is 2. The summed E-state index contributed by atoms with van der Waals surface area (Å²) in [7, 11) is 0. The Morgan fingerprint density at radius 3 is 1.23 bits per heavy atom. The van der Waals surface area contributed by atoms with E-state index in [0.29, 0.717) is 25.3 Å². The second kappa shape index (κ2) is 30.9. The zero-order valence-electron chi connectivity index (χ0n) is 27.8. The van der Waals surface area contributed by atoms with E-state index in [4.69, 9.17) is 0 Å². The number of unbranched alkanes of at least 4 members (excludes halogenated alkanes) is 23. The molecule has 0 unspecified atom stereocenters. The van der Waals surface area contributed by atoms with Gasteiger partial charge in [0.25, 0.3) is 0 Å². The van der Waals surface area contributed by atoms with Crippen LogP contribution in [-0.4, -0.2) is 24.4 Å². The van der Waals surface area contributed by atoms with Crippen LogP contribution in [0.1, 0.15) is 201 Å². The number of amides is 2. The Morgan fingerprint density at radius 2 is 0.850 bits per heavy atom. The molecule has 0 radical (unpaired) electrons. The molecular weight excluding hydrogens is 492 g/mol. The first-order valence-electron chi connectivity index (χ1n) is 18.1. The molecule has 0 aliphatic heterocycles. The zero-order valence-corrected chi connectivity index (χ0v) is 27.8. The summed E-state index contributed by atoms with van der Waals surface area (Å²) < 4.78 is 0. The Bertz CT molecular complexity index is 549. The molecule has 2 amide bonds. The number of nitrogens with one attached hydrogen (secondary N) is 2. The van der Waals surface area contributed by atoms with Crippen LogP contribution in [0.15, 0.2) is 0 Å². The van der Waals surface area contributed by atoms with Crippen LogP contribution >= 0.6 is 0 Å². The van der Waals surface area contributed by atoms with E-state index in [9.17, 15) is 9.59 Å². The zero-order chi connectivity index (χ0) is 29.5. The van der Waals surface area contributed by atoms with Crippen molar-refractivity contribution in [1.29, 1.82) is 0 Å². The highest BCUT2D eigenvalue weighted by atomic mass is 16.2. The molecule has 0 spiro atoms. The third-order valence-electron chi connectivity index (χ3n) is 8.20. The normalized spacial score (nSPS) is 12.1. The highest BCUT2D eigenvalue weighted by Gasteiger charge is 2.21. The minimum absolute atomic E-state index is 0.0104. The summed E-state index contributed by atoms with van der Waals surface area (Å²) in [4.78, 5) is 25.2. The van der Waals surface area contributed by atoms with Crippen LogP contribution in [0.5, 0.6) is 0 Å². The van der Waals surface area contributed by atoms with Gasteiger partial charge in [0.15, 0.2) is 0 Å². The molecule has 0 aliphatic carbocycles. The molecule has 0 bridgehead atoms. The average Bonchev–Trinajstić information content (AvgIpc) is 2.93. The fraction of sp³-hybridized carbons (Fsp3) is 0.944. The minimum Gasteiger partial charge on any atom is -0.354 e. The van der Waals surface area contributed by atoms with Crippen molar-refractivity contribution in [2.45, 2.75) is 207 Å². The molecule has 0 aromatic carbocycles. The van der Waals surface area contributed by atoms with Crippen molar-refractivity contribution in [3.8, 4) is 0 Å². The van der Waals surface area contributed by atoms with Crippen molar-refractivity contribution in [3.63, 3.8) is 0 Å². The maximum Gasteiger partial charge on any atom is 0.242 e. The molecule has 1 atom stereocenters. The molecule has 0 fully saturated rings. The van der Waals surface area contributed by atoms with E-state index >= 15 is 0 Å². The summed E-state index contributed by atoms with van der Waals surface area (Å²) in [6.45, 7) is 9.45. The van der Waals surface area contributed by atoms with Gasteiger partial charge in [0.2, 0.25) is 11.8 Å². The van der Waals surface area contributed by atoms with Gasteiger partial charge in [-0.3, -0.25) is 9.59 Å². The lowest BCUT2D eigenvalue weighted by Crippen LogP contribution is -2.47. The van der Waals surface area contributed by atoms with Crippen LogP contribution in [0.25, 0.3) is 0 Å². The van der Waals surface area contributed by atoms with E-state index in [1.54, 1.807) is 0 Å². The SMILES string of the molecule is CCCCCCCCCCCCCCCCCCCCCC(=O)N[C@@H](CC(C)C)C(=O)NCCCCCCCC. The molecule has 0 rings (SSSR count). The van der Waals surface area contributed by atoms with E-state index in [-0.39, 0.29) is 11.8 Å². The molecule has 0 aromatic rings. The first-order valence-corrected chi connectivity index (χ1v) is 18.1. The van der Waals surface area contributed by atoms with Crippen LogP contribution in [0.2, 0.25) is 0 Å². The van der Waals surface area contributed by atoms with E-state index in [1.165, 1.54) is 141 Å². The summed E-state index contributed by atoms with van der Waals surface area (Å²) in [6.07, 6.45) is 34.3. The topological polar surface area (TPSA) is 58.2 Å². The van der Waals surface area contributed by atoms with Crippen molar-refractivity contribution in [1.82, 2.24) is 10.6 Å². The molecule has 238 valence electrons. The molecule has 0 heterocycles. The second-order valence-corrected chi connectivity index (χ2v) is 12.9. The van der Waals surface area contributed by atoms with Crippen molar-refractivity contribution < 1.29 is 9.59 Å². The number of carbonyl (C=O) groups excluding carboxylic acids is 2. The largest absolute Gasteiger partial charge is 0.354 e. The maximum absolute atomic E-state index is 12.7. The van der Waals surface area contributed by atoms with Gasteiger partial charge in [-0.2, -0.15) is 0 Å². The van der Waals surface area contributed by atoms with E-state index in [1.807, 2.05) is 0 Å². The van der Waals surface area contributed by atoms with Crippen molar-refractivity contribution in [2.24, 2.45) is 5.92 Å². The van der Waals surface area contributed by atoms with Gasteiger partial charge in [0.05, 0.1) is 0 Å². The van der Waals surface area contributed by atoms with E-state index in [0.717, 1.165) is 19.3 Å². The van der Waals surface area contributed by atoms with Gasteiger partial charge >= 0.3 is 0 Å². The highest BCUT2D eigenvalue weighted by Crippen LogP contribution is 2.15. The molecule has 2 N–H and O–H groups in total. The Hall–Kier alpha value is -1.06. The summed E-state index contributed by atoms with van der Waals surface area (Å²) in [5, 5.41) is 6.08. The van der Waals surface area contributed by atoms with Gasteiger partial charge < -0.3 is 10.6 Å². The summed E-state index contributed by atoms with van der Waals surface area (Å²) >= 11 is 0. The number of carbonyl (C=O) groups is 2.